The Labute approximate surface area is 96.5 Å². The summed E-state index contributed by atoms with van der Waals surface area (Å²) in [6.07, 6.45) is 9.58. The molecule has 3 heteroatoms. The van der Waals surface area contributed by atoms with Gasteiger partial charge >= 0.3 is 0 Å². The van der Waals surface area contributed by atoms with E-state index in [-0.39, 0.29) is 6.61 Å². The summed E-state index contributed by atoms with van der Waals surface area (Å²) in [4.78, 5) is 4.11. The number of rotatable bonds is 3. The second kappa shape index (κ2) is 5.85. The number of aliphatic hydroxyl groups excluding tert-OH is 1. The van der Waals surface area contributed by atoms with Crippen molar-refractivity contribution in [1.82, 2.24) is 4.98 Å². The van der Waals surface area contributed by atoms with Crippen LogP contribution in [0, 0.1) is 0 Å². The molecule has 0 aliphatic heterocycles. The Balaban J connectivity index is 1.91. The van der Waals surface area contributed by atoms with Crippen LogP contribution in [-0.4, -0.2) is 16.2 Å². The molecule has 0 unspecified atom stereocenters. The van der Waals surface area contributed by atoms with E-state index >= 15 is 0 Å². The van der Waals surface area contributed by atoms with E-state index in [9.17, 15) is 0 Å². The highest BCUT2D eigenvalue weighted by atomic mass is 16.5. The van der Waals surface area contributed by atoms with Crippen LogP contribution in [0.2, 0.25) is 0 Å². The van der Waals surface area contributed by atoms with Gasteiger partial charge in [0.15, 0.2) is 0 Å². The Morgan fingerprint density at radius 2 is 1.94 bits per heavy atom. The zero-order valence-electron chi connectivity index (χ0n) is 9.56. The maximum atomic E-state index is 8.88. The van der Waals surface area contributed by atoms with Gasteiger partial charge in [-0.3, -0.25) is 4.98 Å². The summed E-state index contributed by atoms with van der Waals surface area (Å²) in [7, 11) is 0. The van der Waals surface area contributed by atoms with Crippen LogP contribution in [-0.2, 0) is 6.61 Å². The first-order valence-corrected chi connectivity index (χ1v) is 6.11. The molecule has 1 aliphatic carbocycles. The Morgan fingerprint density at radius 1 is 1.19 bits per heavy atom. The molecule has 0 atom stereocenters. The van der Waals surface area contributed by atoms with Crippen LogP contribution in [0.15, 0.2) is 18.3 Å². The molecule has 0 spiro atoms. The smallest absolute Gasteiger partial charge is 0.138 e. The summed E-state index contributed by atoms with van der Waals surface area (Å²) in [6.45, 7) is -0.0102. The molecule has 0 bridgehead atoms. The topological polar surface area (TPSA) is 42.4 Å². The van der Waals surface area contributed by atoms with Crippen molar-refractivity contribution in [2.24, 2.45) is 0 Å². The zero-order valence-corrected chi connectivity index (χ0v) is 9.56. The van der Waals surface area contributed by atoms with Gasteiger partial charge in [0.2, 0.25) is 0 Å². The lowest BCUT2D eigenvalue weighted by molar-refractivity contribution is 0.182. The molecular formula is C13H19NO2. The van der Waals surface area contributed by atoms with Gasteiger partial charge in [0, 0.05) is 0 Å². The van der Waals surface area contributed by atoms with Crippen LogP contribution >= 0.6 is 0 Å². The SMILES string of the molecule is OCc1ccc(OC2CCCCCC2)cn1. The minimum Gasteiger partial charge on any atom is -0.489 e. The molecule has 1 aliphatic rings. The number of aliphatic hydroxyl groups is 1. The van der Waals surface area contributed by atoms with Gasteiger partial charge in [-0.25, -0.2) is 0 Å². The van der Waals surface area contributed by atoms with E-state index in [1.165, 1.54) is 25.7 Å². The van der Waals surface area contributed by atoms with Crippen molar-refractivity contribution in [3.63, 3.8) is 0 Å². The van der Waals surface area contributed by atoms with Crippen molar-refractivity contribution in [1.29, 1.82) is 0 Å². The Morgan fingerprint density at radius 3 is 2.50 bits per heavy atom. The average Bonchev–Trinajstić information content (AvgIpc) is 2.59. The summed E-state index contributed by atoms with van der Waals surface area (Å²) in [5, 5.41) is 8.88. The lowest BCUT2D eigenvalue weighted by Gasteiger charge is -2.16. The maximum Gasteiger partial charge on any atom is 0.138 e. The number of hydrogen-bond acceptors (Lipinski definition) is 3. The molecule has 0 radical (unpaired) electrons. The van der Waals surface area contributed by atoms with Gasteiger partial charge in [-0.1, -0.05) is 12.8 Å². The lowest BCUT2D eigenvalue weighted by Crippen LogP contribution is -2.15. The van der Waals surface area contributed by atoms with Crippen molar-refractivity contribution >= 4 is 0 Å². The quantitative estimate of drug-likeness (QED) is 0.798. The molecule has 88 valence electrons. The van der Waals surface area contributed by atoms with Crippen molar-refractivity contribution in [2.45, 2.75) is 51.2 Å². The van der Waals surface area contributed by atoms with E-state index < -0.39 is 0 Å². The molecule has 1 heterocycles. The van der Waals surface area contributed by atoms with Gasteiger partial charge in [-0.15, -0.1) is 0 Å². The van der Waals surface area contributed by atoms with Crippen molar-refractivity contribution in [3.05, 3.63) is 24.0 Å². The molecule has 3 nitrogen and oxygen atoms in total. The minimum absolute atomic E-state index is 0.0102. The largest absolute Gasteiger partial charge is 0.489 e. The Hall–Kier alpha value is -1.09. The van der Waals surface area contributed by atoms with Crippen LogP contribution in [0.5, 0.6) is 5.75 Å². The maximum absolute atomic E-state index is 8.88. The Bertz CT molecular complexity index is 302. The van der Waals surface area contributed by atoms with Crippen LogP contribution in [0.25, 0.3) is 0 Å². The predicted octanol–water partition coefficient (Wildman–Crippen LogP) is 2.68. The number of pyridine rings is 1. The first-order valence-electron chi connectivity index (χ1n) is 6.11. The number of aromatic nitrogens is 1. The van der Waals surface area contributed by atoms with Crippen LogP contribution in [0.1, 0.15) is 44.2 Å². The molecule has 0 saturated heterocycles. The molecule has 1 aromatic heterocycles. The molecule has 1 saturated carbocycles. The molecule has 0 aromatic carbocycles. The second-order valence-corrected chi connectivity index (χ2v) is 4.37. The highest BCUT2D eigenvalue weighted by Gasteiger charge is 2.13. The number of ether oxygens (including phenoxy) is 1. The van der Waals surface area contributed by atoms with E-state index in [1.807, 2.05) is 12.1 Å². The standard InChI is InChI=1S/C13H19NO2/c15-10-11-7-8-13(9-14-11)16-12-5-3-1-2-4-6-12/h7-9,12,15H,1-6,10H2. The number of nitrogens with zero attached hydrogens (tertiary/aromatic N) is 1. The third-order valence-corrected chi connectivity index (χ3v) is 3.06. The lowest BCUT2D eigenvalue weighted by atomic mass is 10.1. The molecular weight excluding hydrogens is 202 g/mol. The fourth-order valence-electron chi connectivity index (χ4n) is 2.13. The third-order valence-electron chi connectivity index (χ3n) is 3.06. The summed E-state index contributed by atoms with van der Waals surface area (Å²) >= 11 is 0. The molecule has 16 heavy (non-hydrogen) atoms. The predicted molar refractivity (Wildman–Crippen MR) is 62.3 cm³/mol. The summed E-state index contributed by atoms with van der Waals surface area (Å²) in [5.74, 6) is 0.823. The van der Waals surface area contributed by atoms with Gasteiger partial charge in [-0.05, 0) is 37.8 Å². The second-order valence-electron chi connectivity index (χ2n) is 4.37. The normalized spacial score (nSPS) is 18.1. The van der Waals surface area contributed by atoms with E-state index in [2.05, 4.69) is 4.98 Å². The van der Waals surface area contributed by atoms with E-state index in [4.69, 9.17) is 9.84 Å². The van der Waals surface area contributed by atoms with E-state index in [1.54, 1.807) is 6.20 Å². The van der Waals surface area contributed by atoms with Gasteiger partial charge in [-0.2, -0.15) is 0 Å². The van der Waals surface area contributed by atoms with E-state index in [0.717, 1.165) is 18.6 Å². The summed E-state index contributed by atoms with van der Waals surface area (Å²) in [5.41, 5.74) is 0.688. The average molecular weight is 221 g/mol. The molecule has 0 amide bonds. The molecule has 1 N–H and O–H groups in total. The Kier molecular flexibility index (Phi) is 4.17. The first-order chi connectivity index (χ1) is 7.88. The fourth-order valence-corrected chi connectivity index (χ4v) is 2.13. The van der Waals surface area contributed by atoms with Crippen molar-refractivity contribution < 1.29 is 9.84 Å². The zero-order chi connectivity index (χ0) is 11.2. The van der Waals surface area contributed by atoms with Crippen molar-refractivity contribution in [2.75, 3.05) is 0 Å². The number of hydrogen-bond donors (Lipinski definition) is 1. The van der Waals surface area contributed by atoms with Crippen molar-refractivity contribution in [3.8, 4) is 5.75 Å². The summed E-state index contributed by atoms with van der Waals surface area (Å²) < 4.78 is 5.89. The first kappa shape index (κ1) is 11.4. The fraction of sp³-hybridized carbons (Fsp3) is 0.615. The van der Waals surface area contributed by atoms with E-state index in [0.29, 0.717) is 11.8 Å². The van der Waals surface area contributed by atoms with Gasteiger partial charge in [0.1, 0.15) is 5.75 Å². The highest BCUT2D eigenvalue weighted by molar-refractivity contribution is 5.19. The van der Waals surface area contributed by atoms with Crippen LogP contribution < -0.4 is 4.74 Å². The molecule has 2 rings (SSSR count). The van der Waals surface area contributed by atoms with Crippen LogP contribution in [0.3, 0.4) is 0 Å². The molecule has 1 aromatic rings. The van der Waals surface area contributed by atoms with Gasteiger partial charge in [0.25, 0.3) is 0 Å². The molecule has 1 fully saturated rings. The van der Waals surface area contributed by atoms with Gasteiger partial charge in [0.05, 0.1) is 24.6 Å². The van der Waals surface area contributed by atoms with Gasteiger partial charge < -0.3 is 9.84 Å². The highest BCUT2D eigenvalue weighted by Crippen LogP contribution is 2.22. The summed E-state index contributed by atoms with van der Waals surface area (Å²) in [6, 6.07) is 3.70. The third kappa shape index (κ3) is 3.20. The minimum atomic E-state index is -0.0102. The van der Waals surface area contributed by atoms with Crippen LogP contribution in [0.4, 0.5) is 0 Å². The monoisotopic (exact) mass is 221 g/mol.